The number of carbonyl (C=O) groups is 1. The average Bonchev–Trinajstić information content (AvgIpc) is 3.65. The van der Waals surface area contributed by atoms with Gasteiger partial charge in [-0.1, -0.05) is 55.1 Å². The molecule has 1 N–H and O–H groups in total. The van der Waals surface area contributed by atoms with Gasteiger partial charge in [0.1, 0.15) is 30.5 Å². The Balaban J connectivity index is 1.23. The van der Waals surface area contributed by atoms with Gasteiger partial charge in [0.25, 0.3) is 5.91 Å². The zero-order chi connectivity index (χ0) is 36.3. The van der Waals surface area contributed by atoms with Gasteiger partial charge in [-0.25, -0.2) is 0 Å². The maximum absolute atomic E-state index is 14.0. The predicted octanol–water partition coefficient (Wildman–Crippen LogP) is 6.73. The van der Waals surface area contributed by atoms with Gasteiger partial charge in [0.2, 0.25) is 17.6 Å². The molecule has 1 amide bonds. The Hall–Kier alpha value is -6.15. The van der Waals surface area contributed by atoms with Crippen LogP contribution in [0.25, 0.3) is 11.4 Å². The van der Waals surface area contributed by atoms with E-state index >= 15 is 0 Å². The molecule has 0 saturated heterocycles. The zero-order valence-electron chi connectivity index (χ0n) is 29.1. The van der Waals surface area contributed by atoms with Crippen molar-refractivity contribution >= 4 is 23.4 Å². The van der Waals surface area contributed by atoms with Crippen LogP contribution in [0.2, 0.25) is 0 Å². The number of ether oxygens (including phenoxy) is 5. The van der Waals surface area contributed by atoms with Crippen LogP contribution in [0, 0.1) is 0 Å². The van der Waals surface area contributed by atoms with Gasteiger partial charge in [-0.15, -0.1) is 10.2 Å². The molecule has 6 rings (SSSR count). The third-order valence-corrected chi connectivity index (χ3v) is 8.46. The van der Waals surface area contributed by atoms with E-state index in [1.807, 2.05) is 91.9 Å². The number of tetrazole rings is 1. The molecule has 0 aliphatic carbocycles. The molecule has 0 aliphatic heterocycles. The molecule has 0 atom stereocenters. The minimum atomic E-state index is -0.501. The van der Waals surface area contributed by atoms with Crippen molar-refractivity contribution < 1.29 is 28.5 Å². The minimum Gasteiger partial charge on any atom is -0.497 e. The number of hydrogen-bond donors (Lipinski definition) is 1. The summed E-state index contributed by atoms with van der Waals surface area (Å²) in [6, 6.07) is 29.7. The van der Waals surface area contributed by atoms with Crippen LogP contribution in [0.5, 0.6) is 29.0 Å². The van der Waals surface area contributed by atoms with Crippen LogP contribution in [0.1, 0.15) is 34.0 Å². The lowest BCUT2D eigenvalue weighted by molar-refractivity contribution is 0.101. The van der Waals surface area contributed by atoms with Crippen molar-refractivity contribution in [3.8, 4) is 40.4 Å². The number of nitrogens with zero attached hydrogens (tertiary/aromatic N) is 6. The van der Waals surface area contributed by atoms with E-state index in [0.717, 1.165) is 39.5 Å². The number of anilines is 1. The first-order chi connectivity index (χ1) is 25.4. The lowest BCUT2D eigenvalue weighted by Crippen LogP contribution is -2.18. The molecule has 0 bridgehead atoms. The topological polar surface area (TPSA) is 145 Å². The molecule has 4 aromatic carbocycles. The smallest absolute Gasteiger partial charge is 0.266 e. The quantitative estimate of drug-likeness (QED) is 0.0837. The minimum absolute atomic E-state index is 0.0645. The summed E-state index contributed by atoms with van der Waals surface area (Å²) in [5.41, 5.74) is 4.05. The number of methoxy groups -OCH3 is 3. The third kappa shape index (κ3) is 9.14. The van der Waals surface area contributed by atoms with Gasteiger partial charge in [0, 0.05) is 11.3 Å². The van der Waals surface area contributed by atoms with Crippen LogP contribution in [0.3, 0.4) is 0 Å². The maximum Gasteiger partial charge on any atom is 0.266 e. The molecule has 13 nitrogen and oxygen atoms in total. The number of benzene rings is 4. The molecular formula is C38H37N7O6S. The molecular weight excluding hydrogens is 683 g/mol. The first-order valence-electron chi connectivity index (χ1n) is 16.3. The first kappa shape index (κ1) is 35.7. The van der Waals surface area contributed by atoms with Gasteiger partial charge >= 0.3 is 0 Å². The molecule has 2 aromatic heterocycles. The van der Waals surface area contributed by atoms with Crippen molar-refractivity contribution in [1.82, 2.24) is 30.2 Å². The van der Waals surface area contributed by atoms with Crippen LogP contribution in [-0.2, 0) is 19.8 Å². The lowest BCUT2D eigenvalue weighted by atomic mass is 10.2. The molecule has 6 aromatic rings. The van der Waals surface area contributed by atoms with Crippen LogP contribution >= 0.6 is 11.8 Å². The molecule has 0 saturated carbocycles. The number of rotatable bonds is 16. The normalized spacial score (nSPS) is 10.8. The molecule has 14 heteroatoms. The molecule has 0 fully saturated rings. The Labute approximate surface area is 305 Å². The van der Waals surface area contributed by atoms with Crippen molar-refractivity contribution in [2.45, 2.75) is 31.8 Å². The number of thioether (sulfide) groups is 1. The summed E-state index contributed by atoms with van der Waals surface area (Å²) in [5, 5.41) is 16.3. The molecule has 0 aliphatic rings. The monoisotopic (exact) mass is 719 g/mol. The highest BCUT2D eigenvalue weighted by Crippen LogP contribution is 2.32. The van der Waals surface area contributed by atoms with Crippen LogP contribution in [-0.4, -0.2) is 63.2 Å². The fourth-order valence-electron chi connectivity index (χ4n) is 4.96. The number of hydrogen-bond acceptors (Lipinski definition) is 12. The van der Waals surface area contributed by atoms with Crippen molar-refractivity contribution in [2.75, 3.05) is 32.4 Å². The van der Waals surface area contributed by atoms with Gasteiger partial charge in [-0.2, -0.15) is 14.8 Å². The number of aromatic nitrogens is 6. The van der Waals surface area contributed by atoms with E-state index in [4.69, 9.17) is 23.7 Å². The highest BCUT2D eigenvalue weighted by atomic mass is 32.2. The standard InChI is InChI=1S/C38H37N7O6S/c1-5-52-38-40-36(50-23-26-8-18-31(48-3)19-9-26)33(37(41-38)51-24-27-10-20-32(49-4)21-11-27)35(46)39-29-14-12-28(13-15-29)34-42-44-45(43-34)22-25-6-16-30(47-2)17-7-25/h6-21H,5,22-24H2,1-4H3,(H,39,46). The highest BCUT2D eigenvalue weighted by molar-refractivity contribution is 7.99. The van der Waals surface area contributed by atoms with Crippen molar-refractivity contribution in [3.05, 3.63) is 119 Å². The van der Waals surface area contributed by atoms with E-state index in [0.29, 0.717) is 29.0 Å². The van der Waals surface area contributed by atoms with E-state index in [1.54, 1.807) is 33.5 Å². The third-order valence-electron chi connectivity index (χ3n) is 7.73. The Morgan fingerprint density at radius 2 is 1.19 bits per heavy atom. The van der Waals surface area contributed by atoms with Crippen LogP contribution in [0.15, 0.2) is 102 Å². The van der Waals surface area contributed by atoms with Gasteiger partial charge in [0.15, 0.2) is 10.7 Å². The highest BCUT2D eigenvalue weighted by Gasteiger charge is 2.25. The Bertz CT molecular complexity index is 2000. The van der Waals surface area contributed by atoms with E-state index in [9.17, 15) is 4.79 Å². The molecule has 0 unspecified atom stereocenters. The van der Waals surface area contributed by atoms with Crippen LogP contribution < -0.4 is 29.0 Å². The maximum atomic E-state index is 14.0. The summed E-state index contributed by atoms with van der Waals surface area (Å²) in [7, 11) is 4.85. The zero-order valence-corrected chi connectivity index (χ0v) is 29.9. The number of nitrogens with one attached hydrogen (secondary N) is 1. The number of carbonyl (C=O) groups excluding carboxylic acids is 1. The average molecular weight is 720 g/mol. The number of amides is 1. The summed E-state index contributed by atoms with van der Waals surface area (Å²) in [5.74, 6) is 3.07. The van der Waals surface area contributed by atoms with Gasteiger partial charge in [0.05, 0.1) is 27.9 Å². The summed E-state index contributed by atoms with van der Waals surface area (Å²) < 4.78 is 28.2. The summed E-state index contributed by atoms with van der Waals surface area (Å²) in [4.78, 5) is 24.8. The second kappa shape index (κ2) is 17.2. The van der Waals surface area contributed by atoms with Crippen molar-refractivity contribution in [1.29, 1.82) is 0 Å². The largest absolute Gasteiger partial charge is 0.497 e. The van der Waals surface area contributed by atoms with Crippen molar-refractivity contribution in [3.63, 3.8) is 0 Å². The molecule has 0 spiro atoms. The summed E-state index contributed by atoms with van der Waals surface area (Å²) >= 11 is 1.41. The Morgan fingerprint density at radius 3 is 1.67 bits per heavy atom. The summed E-state index contributed by atoms with van der Waals surface area (Å²) in [6.07, 6.45) is 0. The van der Waals surface area contributed by atoms with E-state index in [-0.39, 0.29) is 30.5 Å². The second-order valence-electron chi connectivity index (χ2n) is 11.2. The molecule has 52 heavy (non-hydrogen) atoms. The van der Waals surface area contributed by atoms with Gasteiger partial charge in [-0.3, -0.25) is 4.79 Å². The Morgan fingerprint density at radius 1 is 0.692 bits per heavy atom. The SMILES string of the molecule is CCSc1nc(OCc2ccc(OC)cc2)c(C(=O)Nc2ccc(-c3nnn(Cc4ccc(OC)cc4)n3)cc2)c(OCc2ccc(OC)cc2)n1. The summed E-state index contributed by atoms with van der Waals surface area (Å²) in [6.45, 7) is 2.74. The second-order valence-corrected chi connectivity index (χ2v) is 12.5. The molecule has 2 heterocycles. The van der Waals surface area contributed by atoms with E-state index < -0.39 is 5.91 Å². The van der Waals surface area contributed by atoms with Gasteiger partial charge < -0.3 is 29.0 Å². The first-order valence-corrected chi connectivity index (χ1v) is 17.3. The fourth-order valence-corrected chi connectivity index (χ4v) is 5.52. The Kier molecular flexibility index (Phi) is 11.8. The van der Waals surface area contributed by atoms with E-state index in [1.165, 1.54) is 16.6 Å². The lowest BCUT2D eigenvalue weighted by Gasteiger charge is -2.16. The van der Waals surface area contributed by atoms with Gasteiger partial charge in [-0.05, 0) is 88.3 Å². The van der Waals surface area contributed by atoms with Crippen LogP contribution in [0.4, 0.5) is 5.69 Å². The fraction of sp³-hybridized carbons (Fsp3) is 0.211. The van der Waals surface area contributed by atoms with Crippen molar-refractivity contribution in [2.24, 2.45) is 0 Å². The molecule has 266 valence electrons. The predicted molar refractivity (Wildman–Crippen MR) is 196 cm³/mol. The van der Waals surface area contributed by atoms with E-state index in [2.05, 4.69) is 30.7 Å². The molecule has 0 radical (unpaired) electrons.